The molecule has 0 saturated carbocycles. The van der Waals surface area contributed by atoms with E-state index in [4.69, 9.17) is 9.47 Å². The summed E-state index contributed by atoms with van der Waals surface area (Å²) < 4.78 is 118. The fourth-order valence-corrected chi connectivity index (χ4v) is 3.22. The summed E-state index contributed by atoms with van der Waals surface area (Å²) in [5.41, 5.74) is -1.05. The van der Waals surface area contributed by atoms with E-state index in [-0.39, 0.29) is 6.42 Å². The van der Waals surface area contributed by atoms with Crippen LogP contribution in [0.25, 0.3) is 11.2 Å². The van der Waals surface area contributed by atoms with Crippen LogP contribution in [0.2, 0.25) is 0 Å². The van der Waals surface area contributed by atoms with Gasteiger partial charge in [0.2, 0.25) is 40.8 Å². The number of aromatic nitrogens is 4. The Morgan fingerprint density at radius 3 is 2.28 bits per heavy atom. The molecule has 1 fully saturated rings. The van der Waals surface area contributed by atoms with Crippen LogP contribution in [0.4, 0.5) is 41.1 Å². The number of carbonyl (C=O) groups excluding carboxylic acids is 1. The Morgan fingerprint density at radius 1 is 1.11 bits per heavy atom. The zero-order valence-electron chi connectivity index (χ0n) is 17.2. The number of benzene rings is 1. The van der Waals surface area contributed by atoms with E-state index in [0.717, 1.165) is 10.9 Å². The first kappa shape index (κ1) is 25.5. The third-order valence-corrected chi connectivity index (χ3v) is 4.93. The number of fused-ring (bicyclic) bond motifs is 1. The van der Waals surface area contributed by atoms with Crippen molar-refractivity contribution < 1.29 is 59.6 Å². The predicted octanol–water partition coefficient (Wildman–Crippen LogP) is 2.46. The van der Waals surface area contributed by atoms with Gasteiger partial charge in [-0.2, -0.15) is 31.9 Å². The molecule has 1 aliphatic rings. The summed E-state index contributed by atoms with van der Waals surface area (Å²) in [6.07, 6.45) is -8.06. The van der Waals surface area contributed by atoms with Gasteiger partial charge in [-0.15, -0.1) is 0 Å². The van der Waals surface area contributed by atoms with E-state index >= 15 is 0 Å². The summed E-state index contributed by atoms with van der Waals surface area (Å²) in [7, 11) is 0. The number of hydrogen-bond acceptors (Lipinski definition) is 8. The minimum absolute atomic E-state index is 0.182. The van der Waals surface area contributed by atoms with Crippen molar-refractivity contribution >= 4 is 23.0 Å². The number of imidazole rings is 1. The number of aliphatic hydroxyl groups is 2. The summed E-state index contributed by atoms with van der Waals surface area (Å²) in [4.78, 5) is 22.1. The van der Waals surface area contributed by atoms with Crippen molar-refractivity contribution in [2.45, 2.75) is 31.0 Å². The molecule has 10 nitrogen and oxygen atoms in total. The van der Waals surface area contributed by atoms with Crippen LogP contribution in [0.1, 0.15) is 12.6 Å². The Hall–Kier alpha value is -3.64. The second kappa shape index (κ2) is 9.10. The summed E-state index contributed by atoms with van der Waals surface area (Å²) in [5, 5.41) is 20.4. The molecule has 3 aromatic rings. The summed E-state index contributed by atoms with van der Waals surface area (Å²) in [6.45, 7) is -0.610. The maximum absolute atomic E-state index is 14.1. The molecule has 194 valence electrons. The summed E-state index contributed by atoms with van der Waals surface area (Å²) >= 11 is 0. The number of hydrogen-bond donors (Lipinski definition) is 3. The number of amides is 1. The fraction of sp³-hybridized carbons (Fsp3) is 0.333. The third-order valence-electron chi connectivity index (χ3n) is 4.93. The van der Waals surface area contributed by atoms with Gasteiger partial charge in [-0.25, -0.2) is 18.2 Å². The SMILES string of the molecule is O=C(Nc1nc(Oc2c(F)c(F)c(F)c(F)c2F)c2ncn([C@H]3C[C@@H](O)[C@@H](CO)O3)c2n1)C(F)(F)F. The third kappa shape index (κ3) is 4.37. The minimum Gasteiger partial charge on any atom is -0.430 e. The number of anilines is 1. The normalized spacial score (nSPS) is 20.2. The largest absolute Gasteiger partial charge is 0.471 e. The van der Waals surface area contributed by atoms with Gasteiger partial charge in [0.15, 0.2) is 11.2 Å². The lowest BCUT2D eigenvalue weighted by atomic mass is 10.2. The Balaban J connectivity index is 1.85. The Bertz CT molecular complexity index is 1320. The molecule has 36 heavy (non-hydrogen) atoms. The Morgan fingerprint density at radius 2 is 1.72 bits per heavy atom. The fourth-order valence-electron chi connectivity index (χ4n) is 3.22. The van der Waals surface area contributed by atoms with Gasteiger partial charge in [-0.1, -0.05) is 0 Å². The van der Waals surface area contributed by atoms with Crippen LogP contribution in [0.3, 0.4) is 0 Å². The first-order chi connectivity index (χ1) is 16.8. The summed E-state index contributed by atoms with van der Waals surface area (Å²) in [6, 6.07) is 0. The molecule has 1 aliphatic heterocycles. The van der Waals surface area contributed by atoms with Crippen LogP contribution in [0.15, 0.2) is 6.33 Å². The number of rotatable bonds is 5. The first-order valence-electron chi connectivity index (χ1n) is 9.59. The molecule has 0 unspecified atom stereocenters. The smallest absolute Gasteiger partial charge is 0.430 e. The van der Waals surface area contributed by atoms with Gasteiger partial charge in [0.1, 0.15) is 12.3 Å². The standard InChI is InChI=1S/C18H11F8N5O5/c19-7-8(20)10(22)13(11(23)9(7)21)36-15-12-14(28-17(29-15)30-16(34)18(24,25)26)31(3-27-12)6-1-4(33)5(2-32)35-6/h3-6,32-33H,1-2H2,(H,28,29,30,34)/t4-,5-,6-/m1/s1. The van der Waals surface area contributed by atoms with Gasteiger partial charge in [0.05, 0.1) is 19.0 Å². The second-order valence-corrected chi connectivity index (χ2v) is 7.24. The van der Waals surface area contributed by atoms with E-state index in [1.807, 2.05) is 0 Å². The van der Waals surface area contributed by atoms with Crippen LogP contribution in [0.5, 0.6) is 11.6 Å². The number of ether oxygens (including phenoxy) is 2. The van der Waals surface area contributed by atoms with Crippen molar-refractivity contribution in [2.24, 2.45) is 0 Å². The highest BCUT2D eigenvalue weighted by atomic mass is 19.4. The van der Waals surface area contributed by atoms with E-state index in [9.17, 15) is 50.1 Å². The van der Waals surface area contributed by atoms with Gasteiger partial charge in [-0.3, -0.25) is 14.7 Å². The molecule has 3 heterocycles. The minimum atomic E-state index is -5.42. The predicted molar refractivity (Wildman–Crippen MR) is 97.9 cm³/mol. The van der Waals surface area contributed by atoms with Gasteiger partial charge < -0.3 is 19.7 Å². The molecule has 0 bridgehead atoms. The molecular formula is C18H11F8N5O5. The van der Waals surface area contributed by atoms with Gasteiger partial charge >= 0.3 is 12.1 Å². The van der Waals surface area contributed by atoms with Crippen molar-refractivity contribution in [3.63, 3.8) is 0 Å². The van der Waals surface area contributed by atoms with Gasteiger partial charge in [-0.05, 0) is 0 Å². The molecule has 4 rings (SSSR count). The zero-order valence-corrected chi connectivity index (χ0v) is 17.2. The van der Waals surface area contributed by atoms with Crippen LogP contribution >= 0.6 is 0 Å². The monoisotopic (exact) mass is 529 g/mol. The molecule has 2 aromatic heterocycles. The molecule has 0 aliphatic carbocycles. The molecular weight excluding hydrogens is 518 g/mol. The lowest BCUT2D eigenvalue weighted by Gasteiger charge is -2.15. The maximum Gasteiger partial charge on any atom is 0.471 e. The lowest BCUT2D eigenvalue weighted by molar-refractivity contribution is -0.167. The van der Waals surface area contributed by atoms with E-state index < -0.39 is 95.0 Å². The number of alkyl halides is 3. The second-order valence-electron chi connectivity index (χ2n) is 7.24. The topological polar surface area (TPSA) is 132 Å². The van der Waals surface area contributed by atoms with Gasteiger partial charge in [0, 0.05) is 6.42 Å². The van der Waals surface area contributed by atoms with Crippen molar-refractivity contribution in [1.82, 2.24) is 19.5 Å². The summed E-state index contributed by atoms with van der Waals surface area (Å²) in [5.74, 6) is -18.8. The van der Waals surface area contributed by atoms with E-state index in [1.165, 1.54) is 5.32 Å². The van der Waals surface area contributed by atoms with E-state index in [2.05, 4.69) is 15.0 Å². The first-order valence-corrected chi connectivity index (χ1v) is 9.59. The number of aliphatic hydroxyl groups excluding tert-OH is 2. The van der Waals surface area contributed by atoms with Crippen molar-refractivity contribution in [3.05, 3.63) is 35.4 Å². The highest BCUT2D eigenvalue weighted by molar-refractivity contribution is 5.94. The van der Waals surface area contributed by atoms with Crippen molar-refractivity contribution in [2.75, 3.05) is 11.9 Å². The Kier molecular flexibility index (Phi) is 6.43. The molecule has 1 saturated heterocycles. The van der Waals surface area contributed by atoms with Crippen molar-refractivity contribution in [1.29, 1.82) is 0 Å². The van der Waals surface area contributed by atoms with Crippen LogP contribution < -0.4 is 10.1 Å². The van der Waals surface area contributed by atoms with Crippen molar-refractivity contribution in [3.8, 4) is 11.6 Å². The quantitative estimate of drug-likeness (QED) is 0.261. The average Bonchev–Trinajstić information content (AvgIpc) is 3.41. The van der Waals surface area contributed by atoms with E-state index in [0.29, 0.717) is 0 Å². The molecule has 0 spiro atoms. The molecule has 3 N–H and O–H groups in total. The maximum atomic E-state index is 14.1. The number of nitrogens with zero attached hydrogens (tertiary/aromatic N) is 4. The average molecular weight is 529 g/mol. The molecule has 1 aromatic carbocycles. The highest BCUT2D eigenvalue weighted by Crippen LogP contribution is 2.37. The van der Waals surface area contributed by atoms with Crippen LogP contribution in [-0.2, 0) is 9.53 Å². The number of carbonyl (C=O) groups is 1. The zero-order chi connectivity index (χ0) is 26.5. The van der Waals surface area contributed by atoms with Gasteiger partial charge in [0.25, 0.3) is 5.88 Å². The highest BCUT2D eigenvalue weighted by Gasteiger charge is 2.40. The molecule has 0 radical (unpaired) electrons. The molecule has 3 atom stereocenters. The van der Waals surface area contributed by atoms with Crippen LogP contribution in [-0.4, -0.2) is 60.6 Å². The molecule has 1 amide bonds. The Labute approximate surface area is 193 Å². The number of halogens is 8. The van der Waals surface area contributed by atoms with Crippen LogP contribution in [0, 0.1) is 29.1 Å². The lowest BCUT2D eigenvalue weighted by Crippen LogP contribution is -2.30. The van der Waals surface area contributed by atoms with E-state index in [1.54, 1.807) is 0 Å². The number of nitrogens with one attached hydrogen (secondary N) is 1. The molecule has 18 heteroatoms.